The van der Waals surface area contributed by atoms with E-state index in [1.54, 1.807) is 4.90 Å². The standard InChI is InChI=1S/C11H22N2O2/c1-2-3-4-5-12-6-8-13(9-7-12)11(15)10-14/h14H,2-10H2,1H3. The minimum Gasteiger partial charge on any atom is -0.387 e. The summed E-state index contributed by atoms with van der Waals surface area (Å²) in [5.74, 6) is -0.136. The van der Waals surface area contributed by atoms with Gasteiger partial charge in [-0.05, 0) is 13.0 Å². The zero-order valence-corrected chi connectivity index (χ0v) is 9.61. The fourth-order valence-electron chi connectivity index (χ4n) is 1.91. The fraction of sp³-hybridized carbons (Fsp3) is 0.909. The molecule has 4 heteroatoms. The van der Waals surface area contributed by atoms with Gasteiger partial charge in [-0.1, -0.05) is 19.8 Å². The molecule has 1 amide bonds. The third kappa shape index (κ3) is 4.18. The minimum atomic E-state index is -0.351. The molecule has 1 aliphatic heterocycles. The normalized spacial score (nSPS) is 18.1. The highest BCUT2D eigenvalue weighted by Crippen LogP contribution is 2.04. The van der Waals surface area contributed by atoms with Gasteiger partial charge in [0.1, 0.15) is 6.61 Å². The Morgan fingerprint density at radius 2 is 1.87 bits per heavy atom. The van der Waals surface area contributed by atoms with Crippen molar-refractivity contribution in [2.24, 2.45) is 0 Å². The number of aliphatic hydroxyl groups excluding tert-OH is 1. The summed E-state index contributed by atoms with van der Waals surface area (Å²) in [4.78, 5) is 15.3. The summed E-state index contributed by atoms with van der Waals surface area (Å²) in [6.07, 6.45) is 3.79. The lowest BCUT2D eigenvalue weighted by molar-refractivity contribution is -0.135. The Balaban J connectivity index is 2.15. The van der Waals surface area contributed by atoms with E-state index in [4.69, 9.17) is 5.11 Å². The highest BCUT2D eigenvalue weighted by Gasteiger charge is 2.19. The molecule has 1 N–H and O–H groups in total. The molecule has 0 saturated carbocycles. The number of amides is 1. The topological polar surface area (TPSA) is 43.8 Å². The van der Waals surface area contributed by atoms with E-state index < -0.39 is 0 Å². The van der Waals surface area contributed by atoms with Crippen LogP contribution in [0, 0.1) is 0 Å². The van der Waals surface area contributed by atoms with Gasteiger partial charge < -0.3 is 10.0 Å². The predicted molar refractivity (Wildman–Crippen MR) is 59.6 cm³/mol. The van der Waals surface area contributed by atoms with E-state index in [9.17, 15) is 4.79 Å². The van der Waals surface area contributed by atoms with Gasteiger partial charge in [0.25, 0.3) is 0 Å². The van der Waals surface area contributed by atoms with Gasteiger partial charge in [-0.15, -0.1) is 0 Å². The van der Waals surface area contributed by atoms with Crippen molar-refractivity contribution in [3.63, 3.8) is 0 Å². The molecule has 4 nitrogen and oxygen atoms in total. The maximum absolute atomic E-state index is 11.2. The van der Waals surface area contributed by atoms with Crippen LogP contribution in [0.5, 0.6) is 0 Å². The number of piperazine rings is 1. The third-order valence-corrected chi connectivity index (χ3v) is 2.94. The van der Waals surface area contributed by atoms with Crippen molar-refractivity contribution in [2.45, 2.75) is 26.2 Å². The number of hydrogen-bond acceptors (Lipinski definition) is 3. The van der Waals surface area contributed by atoms with Gasteiger partial charge in [-0.25, -0.2) is 0 Å². The van der Waals surface area contributed by atoms with E-state index in [1.165, 1.54) is 19.3 Å². The number of hydrogen-bond donors (Lipinski definition) is 1. The lowest BCUT2D eigenvalue weighted by Crippen LogP contribution is -2.49. The summed E-state index contributed by atoms with van der Waals surface area (Å²) in [5.41, 5.74) is 0. The number of carbonyl (C=O) groups is 1. The van der Waals surface area contributed by atoms with E-state index in [0.717, 1.165) is 32.7 Å². The third-order valence-electron chi connectivity index (χ3n) is 2.94. The van der Waals surface area contributed by atoms with Gasteiger partial charge in [0.05, 0.1) is 0 Å². The minimum absolute atomic E-state index is 0.136. The quantitative estimate of drug-likeness (QED) is 0.670. The Labute approximate surface area is 91.9 Å². The summed E-state index contributed by atoms with van der Waals surface area (Å²) in [7, 11) is 0. The first-order valence-corrected chi connectivity index (χ1v) is 5.89. The number of rotatable bonds is 5. The van der Waals surface area contributed by atoms with Crippen molar-refractivity contribution in [2.75, 3.05) is 39.3 Å². The maximum Gasteiger partial charge on any atom is 0.248 e. The van der Waals surface area contributed by atoms with E-state index >= 15 is 0 Å². The van der Waals surface area contributed by atoms with Gasteiger partial charge in [-0.3, -0.25) is 9.69 Å². The van der Waals surface area contributed by atoms with Crippen molar-refractivity contribution < 1.29 is 9.90 Å². The lowest BCUT2D eigenvalue weighted by Gasteiger charge is -2.34. The summed E-state index contributed by atoms with van der Waals surface area (Å²) < 4.78 is 0. The van der Waals surface area contributed by atoms with Crippen LogP contribution in [0.4, 0.5) is 0 Å². The molecule has 0 aromatic rings. The molecule has 0 radical (unpaired) electrons. The molecule has 0 aromatic carbocycles. The summed E-state index contributed by atoms with van der Waals surface area (Å²) in [6.45, 7) is 6.45. The molecule has 1 aliphatic rings. The van der Waals surface area contributed by atoms with E-state index in [1.807, 2.05) is 0 Å². The fourth-order valence-corrected chi connectivity index (χ4v) is 1.91. The van der Waals surface area contributed by atoms with Gasteiger partial charge >= 0.3 is 0 Å². The average molecular weight is 214 g/mol. The molecule has 1 heterocycles. The second-order valence-corrected chi connectivity index (χ2v) is 4.09. The van der Waals surface area contributed by atoms with E-state index in [2.05, 4.69) is 11.8 Å². The Morgan fingerprint density at radius 3 is 2.40 bits per heavy atom. The first-order chi connectivity index (χ1) is 7.27. The number of carbonyl (C=O) groups excluding carboxylic acids is 1. The molecule has 0 aliphatic carbocycles. The SMILES string of the molecule is CCCCCN1CCN(C(=O)CO)CC1. The molecule has 0 bridgehead atoms. The van der Waals surface area contributed by atoms with Crippen LogP contribution in [0.1, 0.15) is 26.2 Å². The molecule has 1 saturated heterocycles. The van der Waals surface area contributed by atoms with Gasteiger partial charge in [-0.2, -0.15) is 0 Å². The van der Waals surface area contributed by atoms with Crippen LogP contribution in [0.3, 0.4) is 0 Å². The molecule has 15 heavy (non-hydrogen) atoms. The molecule has 1 rings (SSSR count). The first kappa shape index (κ1) is 12.5. The van der Waals surface area contributed by atoms with Crippen LogP contribution in [0.15, 0.2) is 0 Å². The van der Waals surface area contributed by atoms with Crippen LogP contribution in [0.25, 0.3) is 0 Å². The molecule has 0 unspecified atom stereocenters. The van der Waals surface area contributed by atoms with Crippen molar-refractivity contribution in [3.05, 3.63) is 0 Å². The van der Waals surface area contributed by atoms with Crippen LogP contribution in [0.2, 0.25) is 0 Å². The van der Waals surface area contributed by atoms with Crippen molar-refractivity contribution in [1.29, 1.82) is 0 Å². The van der Waals surface area contributed by atoms with Crippen LogP contribution in [-0.2, 0) is 4.79 Å². The number of nitrogens with zero attached hydrogens (tertiary/aromatic N) is 2. The van der Waals surface area contributed by atoms with Gasteiger partial charge in [0.15, 0.2) is 0 Å². The Bertz CT molecular complexity index is 189. The molecule has 0 aromatic heterocycles. The van der Waals surface area contributed by atoms with Crippen molar-refractivity contribution >= 4 is 5.91 Å². The Kier molecular flexibility index (Phi) is 5.65. The Hall–Kier alpha value is -0.610. The average Bonchev–Trinajstić information content (AvgIpc) is 2.29. The van der Waals surface area contributed by atoms with Crippen molar-refractivity contribution in [3.8, 4) is 0 Å². The monoisotopic (exact) mass is 214 g/mol. The second-order valence-electron chi connectivity index (χ2n) is 4.09. The Morgan fingerprint density at radius 1 is 1.20 bits per heavy atom. The zero-order chi connectivity index (χ0) is 11.1. The highest BCUT2D eigenvalue weighted by molar-refractivity contribution is 5.77. The summed E-state index contributed by atoms with van der Waals surface area (Å²) in [5, 5.41) is 8.72. The molecule has 1 fully saturated rings. The smallest absolute Gasteiger partial charge is 0.248 e. The molecule has 0 atom stereocenters. The largest absolute Gasteiger partial charge is 0.387 e. The predicted octanol–water partition coefficient (Wildman–Crippen LogP) is 0.313. The molecular weight excluding hydrogens is 192 g/mol. The second kappa shape index (κ2) is 6.80. The maximum atomic E-state index is 11.2. The van der Waals surface area contributed by atoms with Crippen LogP contribution < -0.4 is 0 Å². The first-order valence-electron chi connectivity index (χ1n) is 5.89. The van der Waals surface area contributed by atoms with E-state index in [-0.39, 0.29) is 12.5 Å². The zero-order valence-electron chi connectivity index (χ0n) is 9.61. The lowest BCUT2D eigenvalue weighted by atomic mass is 10.2. The number of unbranched alkanes of at least 4 members (excludes halogenated alkanes) is 2. The van der Waals surface area contributed by atoms with E-state index in [0.29, 0.717) is 0 Å². The van der Waals surface area contributed by atoms with Crippen LogP contribution >= 0.6 is 0 Å². The van der Waals surface area contributed by atoms with Crippen LogP contribution in [-0.4, -0.2) is 60.1 Å². The molecule has 0 spiro atoms. The van der Waals surface area contributed by atoms with Gasteiger partial charge in [0, 0.05) is 26.2 Å². The molecular formula is C11H22N2O2. The van der Waals surface area contributed by atoms with Gasteiger partial charge in [0.2, 0.25) is 5.91 Å². The number of aliphatic hydroxyl groups is 1. The van der Waals surface area contributed by atoms with Crippen molar-refractivity contribution in [1.82, 2.24) is 9.80 Å². The highest BCUT2D eigenvalue weighted by atomic mass is 16.3. The summed E-state index contributed by atoms with van der Waals surface area (Å²) >= 11 is 0. The summed E-state index contributed by atoms with van der Waals surface area (Å²) in [6, 6.07) is 0. The molecule has 88 valence electrons.